The van der Waals surface area contributed by atoms with Crippen LogP contribution in [0.4, 0.5) is 0 Å². The second kappa shape index (κ2) is 4.53. The topological polar surface area (TPSA) is 0 Å². The first kappa shape index (κ1) is 9.62. The van der Waals surface area contributed by atoms with E-state index in [1.54, 1.807) is 0 Å². The van der Waals surface area contributed by atoms with Crippen molar-refractivity contribution in [2.75, 3.05) is 0 Å². The van der Waals surface area contributed by atoms with E-state index in [1.807, 2.05) is 42.5 Å². The summed E-state index contributed by atoms with van der Waals surface area (Å²) < 4.78 is 0. The van der Waals surface area contributed by atoms with Crippen LogP contribution >= 0.6 is 18.5 Å². The van der Waals surface area contributed by atoms with Gasteiger partial charge in [0, 0.05) is 17.5 Å². The molecule has 0 N–H and O–H groups in total. The molecule has 0 fully saturated rings. The molecule has 1 aromatic carbocycles. The van der Waals surface area contributed by atoms with E-state index in [9.17, 15) is 0 Å². The van der Waals surface area contributed by atoms with Crippen molar-refractivity contribution in [2.45, 2.75) is 0 Å². The maximum atomic E-state index is 6.38. The summed E-state index contributed by atoms with van der Waals surface area (Å²) in [6.45, 7) is 0. The van der Waals surface area contributed by atoms with Crippen molar-refractivity contribution in [3.05, 3.63) is 66.0 Å². The van der Waals surface area contributed by atoms with E-state index in [4.69, 9.17) is 11.2 Å². The maximum Gasteiger partial charge on any atom is 0.115 e. The fourth-order valence-corrected chi connectivity index (χ4v) is 3.00. The van der Waals surface area contributed by atoms with Crippen molar-refractivity contribution in [1.29, 1.82) is 0 Å². The van der Waals surface area contributed by atoms with Gasteiger partial charge in [-0.05, 0) is 0 Å². The lowest BCUT2D eigenvalue weighted by Crippen LogP contribution is -1.96. The van der Waals surface area contributed by atoms with Crippen molar-refractivity contribution >= 4 is 23.8 Å². The van der Waals surface area contributed by atoms with Crippen LogP contribution in [0.3, 0.4) is 0 Å². The Morgan fingerprint density at radius 2 is 1.93 bits per heavy atom. The number of allylic oxidation sites excluding steroid dienone is 6. The third-order valence-corrected chi connectivity index (χ3v) is 4.55. The van der Waals surface area contributed by atoms with E-state index in [1.165, 1.54) is 5.30 Å². The quantitative estimate of drug-likeness (QED) is 0.525. The Bertz CT molecular complexity index is 390. The third kappa shape index (κ3) is 2.11. The van der Waals surface area contributed by atoms with Crippen molar-refractivity contribution in [2.24, 2.45) is 0 Å². The summed E-state index contributed by atoms with van der Waals surface area (Å²) in [4.78, 5) is 0. The van der Waals surface area contributed by atoms with Crippen LogP contribution in [-0.2, 0) is 0 Å². The minimum Gasteiger partial charge on any atom is -0.0692 e. The summed E-state index contributed by atoms with van der Waals surface area (Å²) in [7, 11) is -0.730. The first-order valence-corrected chi connectivity index (χ1v) is 6.59. The molecule has 68 valence electrons. The van der Waals surface area contributed by atoms with Crippen molar-refractivity contribution in [3.63, 3.8) is 0 Å². The first-order chi connectivity index (χ1) is 6.88. The number of halogens is 1. The van der Waals surface area contributed by atoms with Gasteiger partial charge in [-0.3, -0.25) is 0 Å². The average Bonchev–Trinajstić information content (AvgIpc) is 2.30. The Morgan fingerprint density at radius 1 is 1.14 bits per heavy atom. The highest BCUT2D eigenvalue weighted by Crippen LogP contribution is 2.49. The van der Waals surface area contributed by atoms with Gasteiger partial charge < -0.3 is 0 Å². The fraction of sp³-hybridized carbons (Fsp3) is 0. The van der Waals surface area contributed by atoms with E-state index < -0.39 is 7.27 Å². The largest absolute Gasteiger partial charge is 0.115 e. The first-order valence-electron chi connectivity index (χ1n) is 4.35. The maximum absolute atomic E-state index is 6.38. The van der Waals surface area contributed by atoms with E-state index in [0.29, 0.717) is 0 Å². The Labute approximate surface area is 90.1 Å². The Balaban J connectivity index is 2.25. The zero-order valence-electron chi connectivity index (χ0n) is 7.52. The van der Waals surface area contributed by atoms with Crippen molar-refractivity contribution in [3.8, 4) is 0 Å². The Kier molecular flexibility index (Phi) is 3.11. The minimum absolute atomic E-state index is 0.730. The Hall–Kier alpha value is -0.930. The molecule has 0 nitrogen and oxygen atoms in total. The van der Waals surface area contributed by atoms with E-state index in [2.05, 4.69) is 18.2 Å². The van der Waals surface area contributed by atoms with E-state index >= 15 is 0 Å². The lowest BCUT2D eigenvalue weighted by atomic mass is 10.3. The molecule has 0 heterocycles. The second-order valence-electron chi connectivity index (χ2n) is 2.88. The molecule has 1 aliphatic carbocycles. The van der Waals surface area contributed by atoms with Crippen LogP contribution in [0.15, 0.2) is 60.0 Å². The third-order valence-electron chi connectivity index (χ3n) is 1.90. The lowest BCUT2D eigenvalue weighted by molar-refractivity contribution is 1.71. The molecule has 0 saturated carbocycles. The molecule has 1 atom stereocenters. The van der Waals surface area contributed by atoms with Gasteiger partial charge in [-0.25, -0.2) is 0 Å². The predicted molar refractivity (Wildman–Crippen MR) is 63.9 cm³/mol. The summed E-state index contributed by atoms with van der Waals surface area (Å²) >= 11 is 6.38. The zero-order chi connectivity index (χ0) is 9.80. The molecular formula is C12H9ClP+. The summed E-state index contributed by atoms with van der Waals surface area (Å²) in [5.74, 6) is 0. The summed E-state index contributed by atoms with van der Waals surface area (Å²) in [6, 6.07) is 10.2. The molecule has 2 heteroatoms. The molecule has 2 rings (SSSR count). The molecule has 0 amide bonds. The van der Waals surface area contributed by atoms with Gasteiger partial charge in [-0.2, -0.15) is 0 Å². The Morgan fingerprint density at radius 3 is 2.57 bits per heavy atom. The van der Waals surface area contributed by atoms with Crippen molar-refractivity contribution in [1.82, 2.24) is 0 Å². The number of rotatable bonds is 2. The van der Waals surface area contributed by atoms with E-state index in [0.717, 1.165) is 5.31 Å². The SMILES string of the molecule is ClP(C1=CC=C[C+]=C1)c1ccccc1. The highest BCUT2D eigenvalue weighted by Gasteiger charge is 2.17. The van der Waals surface area contributed by atoms with Crippen LogP contribution < -0.4 is 5.30 Å². The molecule has 0 aromatic heterocycles. The van der Waals surface area contributed by atoms with Gasteiger partial charge in [0.1, 0.15) is 24.7 Å². The molecule has 0 bridgehead atoms. The predicted octanol–water partition coefficient (Wildman–Crippen LogP) is 3.76. The fourth-order valence-electron chi connectivity index (χ4n) is 1.21. The van der Waals surface area contributed by atoms with E-state index in [-0.39, 0.29) is 0 Å². The van der Waals surface area contributed by atoms with Crippen LogP contribution in [-0.4, -0.2) is 0 Å². The lowest BCUT2D eigenvalue weighted by Gasteiger charge is -2.05. The monoisotopic (exact) mass is 219 g/mol. The molecule has 0 aliphatic heterocycles. The van der Waals surface area contributed by atoms with Gasteiger partial charge in [0.05, 0.1) is 6.08 Å². The average molecular weight is 220 g/mol. The number of hydrogen-bond acceptors (Lipinski definition) is 0. The molecule has 1 unspecified atom stereocenters. The van der Waals surface area contributed by atoms with Gasteiger partial charge in [0.25, 0.3) is 0 Å². The summed E-state index contributed by atoms with van der Waals surface area (Å²) in [6.07, 6.45) is 10.9. The van der Waals surface area contributed by atoms with Crippen LogP contribution in [0, 0.1) is 6.08 Å². The summed E-state index contributed by atoms with van der Waals surface area (Å²) in [5, 5.41) is 2.33. The molecule has 0 radical (unpaired) electrons. The second-order valence-corrected chi connectivity index (χ2v) is 5.49. The van der Waals surface area contributed by atoms with Gasteiger partial charge in [0.2, 0.25) is 0 Å². The molecule has 0 spiro atoms. The number of hydrogen-bond donors (Lipinski definition) is 0. The standard InChI is InChI=1S/C12H9ClP/c13-14(11-7-3-1-4-8-11)12-9-5-2-6-10-12/h1-5,7-10H/q+1. The zero-order valence-corrected chi connectivity index (χ0v) is 9.17. The smallest absolute Gasteiger partial charge is 0.0692 e. The van der Waals surface area contributed by atoms with Gasteiger partial charge in [0.15, 0.2) is 0 Å². The normalized spacial score (nSPS) is 15.9. The number of benzene rings is 1. The van der Waals surface area contributed by atoms with Crippen LogP contribution in [0.1, 0.15) is 0 Å². The van der Waals surface area contributed by atoms with Crippen LogP contribution in [0.25, 0.3) is 0 Å². The van der Waals surface area contributed by atoms with Gasteiger partial charge >= 0.3 is 0 Å². The van der Waals surface area contributed by atoms with Crippen LogP contribution in [0.5, 0.6) is 0 Å². The molecule has 1 aromatic rings. The molecule has 1 aliphatic rings. The minimum atomic E-state index is -0.730. The van der Waals surface area contributed by atoms with Crippen molar-refractivity contribution < 1.29 is 0 Å². The van der Waals surface area contributed by atoms with Crippen LogP contribution in [0.2, 0.25) is 0 Å². The molecule has 14 heavy (non-hydrogen) atoms. The highest BCUT2D eigenvalue weighted by molar-refractivity contribution is 7.93. The van der Waals surface area contributed by atoms with Gasteiger partial charge in [-0.15, -0.1) is 0 Å². The molecular weight excluding hydrogens is 211 g/mol. The summed E-state index contributed by atoms with van der Waals surface area (Å²) in [5.41, 5.74) is 0. The highest BCUT2D eigenvalue weighted by atomic mass is 35.7. The van der Waals surface area contributed by atoms with Gasteiger partial charge in [-0.1, -0.05) is 41.6 Å². The molecule has 0 saturated heterocycles.